The molecular formula is C13H8Br2F2. The van der Waals surface area contributed by atoms with Gasteiger partial charge in [-0.25, -0.2) is 8.78 Å². The quantitative estimate of drug-likeness (QED) is 0.632. The standard InChI is InChI=1S/C13H8Br2F2/c14-8-5-6-9(11(7-8)13(16)17)10-3-1-2-4-12(10)15/h1-7,13H. The summed E-state index contributed by atoms with van der Waals surface area (Å²) in [5.74, 6) is 0. The van der Waals surface area contributed by atoms with Crippen LogP contribution < -0.4 is 0 Å². The average molecular weight is 362 g/mol. The van der Waals surface area contributed by atoms with Gasteiger partial charge in [-0.1, -0.05) is 56.1 Å². The second kappa shape index (κ2) is 5.27. The highest BCUT2D eigenvalue weighted by molar-refractivity contribution is 9.10. The normalized spacial score (nSPS) is 10.9. The van der Waals surface area contributed by atoms with E-state index in [1.54, 1.807) is 12.1 Å². The zero-order valence-corrected chi connectivity index (χ0v) is 11.8. The average Bonchev–Trinajstić information content (AvgIpc) is 2.30. The molecule has 88 valence electrons. The van der Waals surface area contributed by atoms with Crippen molar-refractivity contribution in [2.75, 3.05) is 0 Å². The molecule has 0 bridgehead atoms. The predicted molar refractivity (Wildman–Crippen MR) is 72.2 cm³/mol. The van der Waals surface area contributed by atoms with Crippen molar-refractivity contribution in [3.63, 3.8) is 0 Å². The molecule has 0 aliphatic rings. The number of benzene rings is 2. The minimum atomic E-state index is -2.49. The van der Waals surface area contributed by atoms with E-state index in [4.69, 9.17) is 0 Å². The number of halogens is 4. The maximum absolute atomic E-state index is 13.0. The fourth-order valence-corrected chi connectivity index (χ4v) is 2.52. The molecule has 0 fully saturated rings. The fourth-order valence-electron chi connectivity index (χ4n) is 1.64. The molecule has 0 saturated heterocycles. The molecular weight excluding hydrogens is 354 g/mol. The third kappa shape index (κ3) is 2.75. The SMILES string of the molecule is FC(F)c1cc(Br)ccc1-c1ccccc1Br. The summed E-state index contributed by atoms with van der Waals surface area (Å²) >= 11 is 6.59. The molecule has 0 heterocycles. The Morgan fingerprint density at radius 1 is 0.882 bits per heavy atom. The summed E-state index contributed by atoms with van der Waals surface area (Å²) in [7, 11) is 0. The molecule has 2 aromatic rings. The van der Waals surface area contributed by atoms with Gasteiger partial charge < -0.3 is 0 Å². The van der Waals surface area contributed by atoms with Crippen LogP contribution in [0.25, 0.3) is 11.1 Å². The van der Waals surface area contributed by atoms with Gasteiger partial charge >= 0.3 is 0 Å². The molecule has 2 aromatic carbocycles. The van der Waals surface area contributed by atoms with Gasteiger partial charge in [-0.3, -0.25) is 0 Å². The maximum Gasteiger partial charge on any atom is 0.264 e. The second-order valence-corrected chi connectivity index (χ2v) is 5.28. The largest absolute Gasteiger partial charge is 0.264 e. The Bertz CT molecular complexity index is 539. The lowest BCUT2D eigenvalue weighted by atomic mass is 10.00. The number of hydrogen-bond donors (Lipinski definition) is 0. The van der Waals surface area contributed by atoms with Crippen LogP contribution >= 0.6 is 31.9 Å². The summed E-state index contributed by atoms with van der Waals surface area (Å²) in [4.78, 5) is 0. The monoisotopic (exact) mass is 360 g/mol. The molecule has 0 saturated carbocycles. The van der Waals surface area contributed by atoms with Crippen LogP contribution in [0.15, 0.2) is 51.4 Å². The molecule has 2 rings (SSSR count). The van der Waals surface area contributed by atoms with Gasteiger partial charge in [0.1, 0.15) is 0 Å². The lowest BCUT2D eigenvalue weighted by Crippen LogP contribution is -1.91. The Labute approximate surface area is 115 Å². The summed E-state index contributed by atoms with van der Waals surface area (Å²) in [5, 5.41) is 0. The molecule has 0 radical (unpaired) electrons. The summed E-state index contributed by atoms with van der Waals surface area (Å²) in [5.41, 5.74) is 1.36. The van der Waals surface area contributed by atoms with Gasteiger partial charge in [-0.15, -0.1) is 0 Å². The molecule has 0 atom stereocenters. The molecule has 0 aromatic heterocycles. The molecule has 0 aliphatic carbocycles. The second-order valence-electron chi connectivity index (χ2n) is 3.51. The number of alkyl halides is 2. The molecule has 0 N–H and O–H groups in total. The molecule has 17 heavy (non-hydrogen) atoms. The molecule has 0 spiro atoms. The van der Waals surface area contributed by atoms with E-state index in [1.807, 2.05) is 24.3 Å². The first kappa shape index (κ1) is 12.7. The molecule has 0 aliphatic heterocycles. The number of hydrogen-bond acceptors (Lipinski definition) is 0. The maximum atomic E-state index is 13.0. The lowest BCUT2D eigenvalue weighted by Gasteiger charge is -2.11. The van der Waals surface area contributed by atoms with Crippen molar-refractivity contribution in [2.24, 2.45) is 0 Å². The molecule has 0 nitrogen and oxygen atoms in total. The van der Waals surface area contributed by atoms with E-state index < -0.39 is 6.43 Å². The third-order valence-electron chi connectivity index (χ3n) is 2.41. The highest BCUT2D eigenvalue weighted by Gasteiger charge is 2.15. The van der Waals surface area contributed by atoms with Crippen LogP contribution in [-0.2, 0) is 0 Å². The van der Waals surface area contributed by atoms with Crippen LogP contribution in [0, 0.1) is 0 Å². The summed E-state index contributed by atoms with van der Waals surface area (Å²) < 4.78 is 27.4. The van der Waals surface area contributed by atoms with Crippen LogP contribution in [0.4, 0.5) is 8.78 Å². The van der Waals surface area contributed by atoms with Crippen LogP contribution in [0.5, 0.6) is 0 Å². The van der Waals surface area contributed by atoms with Gasteiger partial charge in [0.25, 0.3) is 6.43 Å². The Morgan fingerprint density at radius 2 is 1.59 bits per heavy atom. The molecule has 0 amide bonds. The van der Waals surface area contributed by atoms with Crippen LogP contribution in [-0.4, -0.2) is 0 Å². The van der Waals surface area contributed by atoms with Crippen LogP contribution in [0.2, 0.25) is 0 Å². The first-order chi connectivity index (χ1) is 8.09. The van der Waals surface area contributed by atoms with E-state index in [-0.39, 0.29) is 5.56 Å². The Balaban J connectivity index is 2.63. The van der Waals surface area contributed by atoms with Crippen molar-refractivity contribution in [1.82, 2.24) is 0 Å². The Hall–Kier alpha value is -0.740. The van der Waals surface area contributed by atoms with Gasteiger partial charge in [-0.05, 0) is 29.3 Å². The van der Waals surface area contributed by atoms with Gasteiger partial charge in [0, 0.05) is 14.5 Å². The van der Waals surface area contributed by atoms with Gasteiger partial charge in [-0.2, -0.15) is 0 Å². The number of rotatable bonds is 2. The van der Waals surface area contributed by atoms with Gasteiger partial charge in [0.2, 0.25) is 0 Å². The zero-order valence-electron chi connectivity index (χ0n) is 8.63. The van der Waals surface area contributed by atoms with Crippen molar-refractivity contribution in [1.29, 1.82) is 0 Å². The molecule has 0 unspecified atom stereocenters. The van der Waals surface area contributed by atoms with Crippen LogP contribution in [0.3, 0.4) is 0 Å². The lowest BCUT2D eigenvalue weighted by molar-refractivity contribution is 0.152. The Kier molecular flexibility index (Phi) is 3.94. The van der Waals surface area contributed by atoms with E-state index in [1.165, 1.54) is 6.07 Å². The van der Waals surface area contributed by atoms with Crippen molar-refractivity contribution in [2.45, 2.75) is 6.43 Å². The van der Waals surface area contributed by atoms with Gasteiger partial charge in [0.15, 0.2) is 0 Å². The smallest absolute Gasteiger partial charge is 0.205 e. The van der Waals surface area contributed by atoms with E-state index in [0.29, 0.717) is 10.0 Å². The topological polar surface area (TPSA) is 0 Å². The fraction of sp³-hybridized carbons (Fsp3) is 0.0769. The van der Waals surface area contributed by atoms with E-state index in [0.717, 1.165) is 10.0 Å². The third-order valence-corrected chi connectivity index (χ3v) is 3.60. The molecule has 4 heteroatoms. The first-order valence-electron chi connectivity index (χ1n) is 4.92. The predicted octanol–water partition coefficient (Wildman–Crippen LogP) is 5.82. The van der Waals surface area contributed by atoms with Gasteiger partial charge in [0.05, 0.1) is 0 Å². The highest BCUT2D eigenvalue weighted by atomic mass is 79.9. The zero-order chi connectivity index (χ0) is 12.4. The van der Waals surface area contributed by atoms with E-state index >= 15 is 0 Å². The van der Waals surface area contributed by atoms with E-state index in [9.17, 15) is 8.78 Å². The first-order valence-corrected chi connectivity index (χ1v) is 6.50. The van der Waals surface area contributed by atoms with E-state index in [2.05, 4.69) is 31.9 Å². The summed E-state index contributed by atoms with van der Waals surface area (Å²) in [6.07, 6.45) is -2.49. The van der Waals surface area contributed by atoms with Crippen molar-refractivity contribution in [3.8, 4) is 11.1 Å². The van der Waals surface area contributed by atoms with Crippen molar-refractivity contribution < 1.29 is 8.78 Å². The van der Waals surface area contributed by atoms with Crippen LogP contribution in [0.1, 0.15) is 12.0 Å². The minimum Gasteiger partial charge on any atom is -0.205 e. The highest BCUT2D eigenvalue weighted by Crippen LogP contribution is 2.36. The summed E-state index contributed by atoms with van der Waals surface area (Å²) in [6.45, 7) is 0. The van der Waals surface area contributed by atoms with Crippen molar-refractivity contribution in [3.05, 3.63) is 57.0 Å². The minimum absolute atomic E-state index is 0.0336. The Morgan fingerprint density at radius 3 is 2.24 bits per heavy atom. The summed E-state index contributed by atoms with van der Waals surface area (Å²) in [6, 6.07) is 12.3. The van der Waals surface area contributed by atoms with Crippen molar-refractivity contribution >= 4 is 31.9 Å².